The summed E-state index contributed by atoms with van der Waals surface area (Å²) in [5, 5.41) is 0. The molecule has 1 amide bonds. The largest absolute Gasteiger partial charge is 0.497 e. The number of halogens is 1. The zero-order chi connectivity index (χ0) is 18.8. The third kappa shape index (κ3) is 4.01. The predicted molar refractivity (Wildman–Crippen MR) is 101 cm³/mol. The smallest absolute Gasteiger partial charge is 0.298 e. The highest BCUT2D eigenvalue weighted by Gasteiger charge is 2.28. The van der Waals surface area contributed by atoms with Crippen LogP contribution in [0.25, 0.3) is 11.1 Å². The van der Waals surface area contributed by atoms with Crippen molar-refractivity contribution in [3.63, 3.8) is 0 Å². The molecule has 2 aliphatic rings. The standard InChI is InChI=1S/C20H26FN3O3/c1-26-16-4-5-18-17(12-16)22-20(27-18)24-8-2-3-14(13-24)11-19(25)23-9-6-15(21)7-10-23/h4-5,12,14-15H,2-3,6-11,13H2,1H3. The van der Waals surface area contributed by atoms with Gasteiger partial charge in [-0.1, -0.05) is 0 Å². The molecule has 1 unspecified atom stereocenters. The first-order valence-electron chi connectivity index (χ1n) is 9.74. The second kappa shape index (κ2) is 7.74. The minimum absolute atomic E-state index is 0.149. The van der Waals surface area contributed by atoms with Gasteiger partial charge in [-0.25, -0.2) is 4.39 Å². The van der Waals surface area contributed by atoms with Crippen LogP contribution < -0.4 is 9.64 Å². The highest BCUT2D eigenvalue weighted by atomic mass is 19.1. The molecule has 3 heterocycles. The van der Waals surface area contributed by atoms with E-state index in [9.17, 15) is 9.18 Å². The van der Waals surface area contributed by atoms with Gasteiger partial charge in [0.25, 0.3) is 6.01 Å². The molecule has 146 valence electrons. The molecular formula is C20H26FN3O3. The highest BCUT2D eigenvalue weighted by Crippen LogP contribution is 2.29. The number of methoxy groups -OCH3 is 1. The summed E-state index contributed by atoms with van der Waals surface area (Å²) >= 11 is 0. The van der Waals surface area contributed by atoms with Crippen LogP contribution in [0.5, 0.6) is 5.75 Å². The fourth-order valence-electron chi connectivity index (χ4n) is 4.04. The molecule has 2 aliphatic heterocycles. The quantitative estimate of drug-likeness (QED) is 0.820. The molecule has 0 bridgehead atoms. The van der Waals surface area contributed by atoms with Gasteiger partial charge in [0.15, 0.2) is 5.58 Å². The molecule has 0 saturated carbocycles. The van der Waals surface area contributed by atoms with Gasteiger partial charge < -0.3 is 19.0 Å². The van der Waals surface area contributed by atoms with Gasteiger partial charge in [0.05, 0.1) is 7.11 Å². The molecule has 27 heavy (non-hydrogen) atoms. The van der Waals surface area contributed by atoms with Gasteiger partial charge in [0.2, 0.25) is 5.91 Å². The summed E-state index contributed by atoms with van der Waals surface area (Å²) < 4.78 is 24.4. The Hall–Kier alpha value is -2.31. The van der Waals surface area contributed by atoms with Gasteiger partial charge in [0.1, 0.15) is 17.4 Å². The predicted octanol–water partition coefficient (Wildman–Crippen LogP) is 3.40. The van der Waals surface area contributed by atoms with Crippen LogP contribution in [0.15, 0.2) is 22.6 Å². The monoisotopic (exact) mass is 375 g/mol. The second-order valence-corrected chi connectivity index (χ2v) is 7.54. The second-order valence-electron chi connectivity index (χ2n) is 7.54. The van der Waals surface area contributed by atoms with Crippen LogP contribution in [0.2, 0.25) is 0 Å². The number of likely N-dealkylation sites (tertiary alicyclic amines) is 1. The Morgan fingerprint density at radius 2 is 2.11 bits per heavy atom. The molecular weight excluding hydrogens is 349 g/mol. The number of aromatic nitrogens is 1. The number of fused-ring (bicyclic) bond motifs is 1. The number of ether oxygens (including phenoxy) is 1. The van der Waals surface area contributed by atoms with Gasteiger partial charge in [-0.2, -0.15) is 4.98 Å². The van der Waals surface area contributed by atoms with E-state index in [1.165, 1.54) is 0 Å². The molecule has 7 heteroatoms. The lowest BCUT2D eigenvalue weighted by Crippen LogP contribution is -2.42. The molecule has 1 aromatic carbocycles. The number of hydrogen-bond acceptors (Lipinski definition) is 5. The summed E-state index contributed by atoms with van der Waals surface area (Å²) in [5.74, 6) is 1.18. The summed E-state index contributed by atoms with van der Waals surface area (Å²) in [6.45, 7) is 2.73. The number of rotatable bonds is 4. The molecule has 2 fully saturated rings. The minimum atomic E-state index is -0.753. The van der Waals surface area contributed by atoms with E-state index in [1.807, 2.05) is 23.1 Å². The van der Waals surface area contributed by atoms with Crippen molar-refractivity contribution in [2.75, 3.05) is 38.2 Å². The number of benzene rings is 1. The van der Waals surface area contributed by atoms with Crippen molar-refractivity contribution in [3.05, 3.63) is 18.2 Å². The number of nitrogens with zero attached hydrogens (tertiary/aromatic N) is 3. The summed E-state index contributed by atoms with van der Waals surface area (Å²) in [6, 6.07) is 6.19. The Morgan fingerprint density at radius 1 is 1.30 bits per heavy atom. The van der Waals surface area contributed by atoms with Crippen molar-refractivity contribution < 1.29 is 18.3 Å². The lowest BCUT2D eigenvalue weighted by molar-refractivity contribution is -0.133. The maximum Gasteiger partial charge on any atom is 0.298 e. The van der Waals surface area contributed by atoms with Crippen molar-refractivity contribution >= 4 is 23.0 Å². The maximum absolute atomic E-state index is 13.3. The van der Waals surface area contributed by atoms with Crippen LogP contribution in [0, 0.1) is 5.92 Å². The van der Waals surface area contributed by atoms with Crippen LogP contribution in [0.4, 0.5) is 10.4 Å². The molecule has 0 spiro atoms. The van der Waals surface area contributed by atoms with Gasteiger partial charge in [-0.05, 0) is 43.7 Å². The Balaban J connectivity index is 1.40. The number of piperidine rings is 2. The zero-order valence-corrected chi connectivity index (χ0v) is 15.7. The Morgan fingerprint density at radius 3 is 2.89 bits per heavy atom. The van der Waals surface area contributed by atoms with E-state index in [2.05, 4.69) is 9.88 Å². The third-order valence-electron chi connectivity index (χ3n) is 5.61. The number of amides is 1. The van der Waals surface area contributed by atoms with Crippen molar-refractivity contribution in [3.8, 4) is 5.75 Å². The van der Waals surface area contributed by atoms with Crippen LogP contribution in [-0.4, -0.2) is 55.3 Å². The molecule has 6 nitrogen and oxygen atoms in total. The van der Waals surface area contributed by atoms with Gasteiger partial charge in [0, 0.05) is 38.7 Å². The van der Waals surface area contributed by atoms with E-state index in [-0.39, 0.29) is 11.8 Å². The molecule has 0 aliphatic carbocycles. The molecule has 0 radical (unpaired) electrons. The van der Waals surface area contributed by atoms with Crippen molar-refractivity contribution in [1.29, 1.82) is 0 Å². The molecule has 4 rings (SSSR count). The Bertz CT molecular complexity index is 801. The number of carbonyl (C=O) groups is 1. The number of carbonyl (C=O) groups excluding carboxylic acids is 1. The molecule has 2 saturated heterocycles. The zero-order valence-electron chi connectivity index (χ0n) is 15.7. The number of hydrogen-bond donors (Lipinski definition) is 0. The molecule has 1 aromatic heterocycles. The number of anilines is 1. The number of oxazole rings is 1. The lowest BCUT2D eigenvalue weighted by Gasteiger charge is -2.34. The SMILES string of the molecule is COc1ccc2oc(N3CCCC(CC(=O)N4CCC(F)CC4)C3)nc2c1. The van der Waals surface area contributed by atoms with Crippen molar-refractivity contribution in [2.24, 2.45) is 5.92 Å². The molecule has 0 N–H and O–H groups in total. The molecule has 2 aromatic rings. The Kier molecular flexibility index (Phi) is 5.18. The fourth-order valence-corrected chi connectivity index (χ4v) is 4.04. The normalized spacial score (nSPS) is 21.6. The maximum atomic E-state index is 13.3. The highest BCUT2D eigenvalue weighted by molar-refractivity contribution is 5.77. The van der Waals surface area contributed by atoms with Gasteiger partial charge >= 0.3 is 0 Å². The van der Waals surface area contributed by atoms with E-state index >= 15 is 0 Å². The van der Waals surface area contributed by atoms with Crippen LogP contribution in [0.1, 0.15) is 32.1 Å². The minimum Gasteiger partial charge on any atom is -0.497 e. The Labute approximate surface area is 158 Å². The first-order chi connectivity index (χ1) is 13.1. The van der Waals surface area contributed by atoms with E-state index in [0.29, 0.717) is 38.4 Å². The van der Waals surface area contributed by atoms with Crippen LogP contribution in [-0.2, 0) is 4.79 Å². The fraction of sp³-hybridized carbons (Fsp3) is 0.600. The first kappa shape index (κ1) is 18.1. The number of alkyl halides is 1. The van der Waals surface area contributed by atoms with E-state index < -0.39 is 6.17 Å². The third-order valence-corrected chi connectivity index (χ3v) is 5.61. The van der Waals surface area contributed by atoms with Crippen molar-refractivity contribution in [1.82, 2.24) is 9.88 Å². The summed E-state index contributed by atoms with van der Waals surface area (Å²) in [7, 11) is 1.63. The van der Waals surface area contributed by atoms with Gasteiger partial charge in [-0.15, -0.1) is 0 Å². The van der Waals surface area contributed by atoms with Crippen LogP contribution in [0.3, 0.4) is 0 Å². The van der Waals surface area contributed by atoms with Crippen molar-refractivity contribution in [2.45, 2.75) is 38.3 Å². The van der Waals surface area contributed by atoms with E-state index in [0.717, 1.165) is 42.8 Å². The average molecular weight is 375 g/mol. The van der Waals surface area contributed by atoms with E-state index in [1.54, 1.807) is 7.11 Å². The van der Waals surface area contributed by atoms with Gasteiger partial charge in [-0.3, -0.25) is 4.79 Å². The topological polar surface area (TPSA) is 58.8 Å². The summed E-state index contributed by atoms with van der Waals surface area (Å²) in [5.41, 5.74) is 1.51. The average Bonchev–Trinajstić information content (AvgIpc) is 3.12. The first-order valence-corrected chi connectivity index (χ1v) is 9.74. The summed E-state index contributed by atoms with van der Waals surface area (Å²) in [6.07, 6.45) is 2.73. The lowest BCUT2D eigenvalue weighted by atomic mass is 9.94. The summed E-state index contributed by atoms with van der Waals surface area (Å²) in [4.78, 5) is 21.1. The molecule has 1 atom stereocenters. The van der Waals surface area contributed by atoms with E-state index in [4.69, 9.17) is 9.15 Å². The van der Waals surface area contributed by atoms with Crippen LogP contribution >= 0.6 is 0 Å².